The van der Waals surface area contributed by atoms with Gasteiger partial charge in [0, 0.05) is 17.1 Å². The first-order valence-corrected chi connectivity index (χ1v) is 8.18. The second kappa shape index (κ2) is 6.47. The lowest BCUT2D eigenvalue weighted by molar-refractivity contribution is 0.409. The van der Waals surface area contributed by atoms with Gasteiger partial charge in [-0.3, -0.25) is 0 Å². The van der Waals surface area contributed by atoms with Crippen LogP contribution in [0, 0.1) is 6.92 Å². The zero-order valence-electron chi connectivity index (χ0n) is 11.8. The third kappa shape index (κ3) is 3.75. The van der Waals surface area contributed by atoms with Gasteiger partial charge in [0.25, 0.3) is 0 Å². The second-order valence-corrected chi connectivity index (χ2v) is 6.72. The zero-order valence-corrected chi connectivity index (χ0v) is 13.3. The molecule has 0 aliphatic rings. The molecule has 4 nitrogen and oxygen atoms in total. The molecule has 0 fully saturated rings. The predicted molar refractivity (Wildman–Crippen MR) is 83.2 cm³/mol. The number of methoxy groups -OCH3 is 1. The predicted octanol–water partition coefficient (Wildman–Crippen LogP) is 3.14. The van der Waals surface area contributed by atoms with Gasteiger partial charge in [0.2, 0.25) is 10.0 Å². The van der Waals surface area contributed by atoms with Crippen molar-refractivity contribution in [2.45, 2.75) is 18.4 Å². The number of halogens is 1. The smallest absolute Gasteiger partial charge is 0.240 e. The number of aryl methyl sites for hydroxylation is 1. The van der Waals surface area contributed by atoms with Crippen LogP contribution in [0.2, 0.25) is 5.02 Å². The highest BCUT2D eigenvalue weighted by atomic mass is 35.5. The Balaban J connectivity index is 2.20. The fraction of sp³-hybridized carbons (Fsp3) is 0.200. The van der Waals surface area contributed by atoms with Crippen LogP contribution < -0.4 is 9.46 Å². The molecule has 0 heterocycles. The number of hydrogen-bond acceptors (Lipinski definition) is 3. The third-order valence-electron chi connectivity index (χ3n) is 3.08. The number of hydrogen-bond donors (Lipinski definition) is 1. The van der Waals surface area contributed by atoms with E-state index in [0.717, 1.165) is 11.1 Å². The minimum absolute atomic E-state index is 0.161. The van der Waals surface area contributed by atoms with Crippen molar-refractivity contribution in [1.29, 1.82) is 0 Å². The number of benzene rings is 2. The van der Waals surface area contributed by atoms with Crippen molar-refractivity contribution in [2.24, 2.45) is 0 Å². The Morgan fingerprint density at radius 1 is 1.19 bits per heavy atom. The molecule has 2 aromatic carbocycles. The quantitative estimate of drug-likeness (QED) is 0.918. The van der Waals surface area contributed by atoms with Gasteiger partial charge in [0.1, 0.15) is 5.75 Å². The molecule has 0 saturated carbocycles. The summed E-state index contributed by atoms with van der Waals surface area (Å²) in [4.78, 5) is 0.194. The third-order valence-corrected chi connectivity index (χ3v) is 4.91. The molecule has 0 radical (unpaired) electrons. The maximum atomic E-state index is 12.3. The van der Waals surface area contributed by atoms with E-state index in [2.05, 4.69) is 4.72 Å². The molecule has 112 valence electrons. The lowest BCUT2D eigenvalue weighted by atomic mass is 10.2. The molecule has 0 saturated heterocycles. The summed E-state index contributed by atoms with van der Waals surface area (Å²) in [6, 6.07) is 11.9. The van der Waals surface area contributed by atoms with Crippen LogP contribution in [0.4, 0.5) is 0 Å². The minimum Gasteiger partial charge on any atom is -0.496 e. The lowest BCUT2D eigenvalue weighted by Crippen LogP contribution is -2.23. The van der Waals surface area contributed by atoms with Crippen LogP contribution in [0.5, 0.6) is 5.75 Å². The highest BCUT2D eigenvalue weighted by Gasteiger charge is 2.15. The van der Waals surface area contributed by atoms with E-state index in [4.69, 9.17) is 16.3 Å². The Bertz CT molecular complexity index is 744. The van der Waals surface area contributed by atoms with Gasteiger partial charge in [-0.05, 0) is 36.8 Å². The number of para-hydroxylation sites is 1. The molecule has 2 rings (SSSR count). The van der Waals surface area contributed by atoms with E-state index in [1.165, 1.54) is 6.07 Å². The van der Waals surface area contributed by atoms with E-state index >= 15 is 0 Å². The summed E-state index contributed by atoms with van der Waals surface area (Å²) in [5.74, 6) is 0.646. The van der Waals surface area contributed by atoms with E-state index in [1.54, 1.807) is 32.2 Å². The molecule has 0 aliphatic heterocycles. The normalized spacial score (nSPS) is 11.4. The Morgan fingerprint density at radius 2 is 1.90 bits per heavy atom. The fourth-order valence-corrected chi connectivity index (χ4v) is 3.10. The van der Waals surface area contributed by atoms with Crippen LogP contribution in [0.3, 0.4) is 0 Å². The van der Waals surface area contributed by atoms with Gasteiger partial charge in [-0.25, -0.2) is 13.1 Å². The topological polar surface area (TPSA) is 55.4 Å². The van der Waals surface area contributed by atoms with Gasteiger partial charge in [0.15, 0.2) is 0 Å². The van der Waals surface area contributed by atoms with Crippen LogP contribution in [0.15, 0.2) is 47.4 Å². The molecule has 6 heteroatoms. The van der Waals surface area contributed by atoms with E-state index in [0.29, 0.717) is 10.8 Å². The summed E-state index contributed by atoms with van der Waals surface area (Å²) in [5, 5.41) is 0.540. The molecule has 1 N–H and O–H groups in total. The molecule has 0 bridgehead atoms. The zero-order chi connectivity index (χ0) is 15.5. The molecule has 21 heavy (non-hydrogen) atoms. The maximum absolute atomic E-state index is 12.3. The van der Waals surface area contributed by atoms with Gasteiger partial charge in [-0.15, -0.1) is 0 Å². The summed E-state index contributed by atoms with van der Waals surface area (Å²) in [6.07, 6.45) is 0. The van der Waals surface area contributed by atoms with E-state index < -0.39 is 10.0 Å². The van der Waals surface area contributed by atoms with Gasteiger partial charge < -0.3 is 4.74 Å². The Hall–Kier alpha value is -1.56. The highest BCUT2D eigenvalue weighted by molar-refractivity contribution is 7.89. The van der Waals surface area contributed by atoms with Crippen LogP contribution >= 0.6 is 11.6 Å². The van der Waals surface area contributed by atoms with Crippen molar-refractivity contribution < 1.29 is 13.2 Å². The van der Waals surface area contributed by atoms with Crippen LogP contribution in [0.1, 0.15) is 11.1 Å². The largest absolute Gasteiger partial charge is 0.496 e. The van der Waals surface area contributed by atoms with E-state index in [1.807, 2.05) is 18.2 Å². The van der Waals surface area contributed by atoms with Gasteiger partial charge in [-0.2, -0.15) is 0 Å². The van der Waals surface area contributed by atoms with Gasteiger partial charge >= 0.3 is 0 Å². The molecule has 0 unspecified atom stereocenters. The van der Waals surface area contributed by atoms with Crippen molar-refractivity contribution in [2.75, 3.05) is 7.11 Å². The Labute approximate surface area is 129 Å². The summed E-state index contributed by atoms with van der Waals surface area (Å²) in [5.41, 5.74) is 1.49. The molecule has 0 aromatic heterocycles. The van der Waals surface area contributed by atoms with Crippen LogP contribution in [0.25, 0.3) is 0 Å². The molecule has 0 spiro atoms. The number of rotatable bonds is 5. The number of sulfonamides is 1. The van der Waals surface area contributed by atoms with Crippen molar-refractivity contribution in [1.82, 2.24) is 4.72 Å². The molecule has 0 atom stereocenters. The SMILES string of the molecule is COc1ccccc1CNS(=O)(=O)c1ccc(Cl)c(C)c1. The second-order valence-electron chi connectivity index (χ2n) is 4.55. The molecular weight excluding hydrogens is 310 g/mol. The van der Waals surface area contributed by atoms with E-state index in [-0.39, 0.29) is 11.4 Å². The first-order chi connectivity index (χ1) is 9.94. The van der Waals surface area contributed by atoms with Crippen molar-refractivity contribution in [3.05, 3.63) is 58.6 Å². The standard InChI is InChI=1S/C15H16ClNO3S/c1-11-9-13(7-8-14(11)16)21(18,19)17-10-12-5-3-4-6-15(12)20-2/h3-9,17H,10H2,1-2H3. The summed E-state index contributed by atoms with van der Waals surface area (Å²) in [6.45, 7) is 1.93. The first kappa shape index (κ1) is 15.8. The maximum Gasteiger partial charge on any atom is 0.240 e. The van der Waals surface area contributed by atoms with E-state index in [9.17, 15) is 8.42 Å². The average Bonchev–Trinajstić information content (AvgIpc) is 2.48. The molecule has 2 aromatic rings. The van der Waals surface area contributed by atoms with Crippen LogP contribution in [-0.2, 0) is 16.6 Å². The summed E-state index contributed by atoms with van der Waals surface area (Å²) in [7, 11) is -2.04. The van der Waals surface area contributed by atoms with Crippen molar-refractivity contribution >= 4 is 21.6 Å². The minimum atomic E-state index is -3.59. The van der Waals surface area contributed by atoms with Crippen LogP contribution in [-0.4, -0.2) is 15.5 Å². The molecular formula is C15H16ClNO3S. The molecule has 0 aliphatic carbocycles. The lowest BCUT2D eigenvalue weighted by Gasteiger charge is -2.11. The van der Waals surface area contributed by atoms with Crippen molar-refractivity contribution in [3.8, 4) is 5.75 Å². The van der Waals surface area contributed by atoms with Gasteiger partial charge in [-0.1, -0.05) is 29.8 Å². The highest BCUT2D eigenvalue weighted by Crippen LogP contribution is 2.21. The Morgan fingerprint density at radius 3 is 2.57 bits per heavy atom. The summed E-state index contributed by atoms with van der Waals surface area (Å²) >= 11 is 5.91. The number of nitrogens with one attached hydrogen (secondary N) is 1. The average molecular weight is 326 g/mol. The van der Waals surface area contributed by atoms with Gasteiger partial charge in [0.05, 0.1) is 12.0 Å². The Kier molecular flexibility index (Phi) is 4.88. The monoisotopic (exact) mass is 325 g/mol. The van der Waals surface area contributed by atoms with Crippen molar-refractivity contribution in [3.63, 3.8) is 0 Å². The first-order valence-electron chi connectivity index (χ1n) is 6.32. The molecule has 0 amide bonds. The summed E-state index contributed by atoms with van der Waals surface area (Å²) < 4.78 is 32.3. The fourth-order valence-electron chi connectivity index (χ4n) is 1.89. The number of ether oxygens (including phenoxy) is 1.